The first-order valence-corrected chi connectivity index (χ1v) is 8.66. The van der Waals surface area contributed by atoms with E-state index in [1.54, 1.807) is 23.2 Å². The fraction of sp³-hybridized carbons (Fsp3) is 0.350. The van der Waals surface area contributed by atoms with Gasteiger partial charge in [-0.3, -0.25) is 14.6 Å². The van der Waals surface area contributed by atoms with Crippen LogP contribution in [0.3, 0.4) is 0 Å². The number of pyridine rings is 1. The lowest BCUT2D eigenvalue weighted by atomic mass is 9.96. The smallest absolute Gasteiger partial charge is 0.254 e. The predicted molar refractivity (Wildman–Crippen MR) is 96.1 cm³/mol. The SMILES string of the molecule is CC1(C(=O)NCCc2ccccn2)CCCN1C(=O)c1ccccc1. The van der Waals surface area contributed by atoms with Gasteiger partial charge in [0, 0.05) is 37.0 Å². The normalized spacial score (nSPS) is 19.6. The van der Waals surface area contributed by atoms with Crippen LogP contribution in [0, 0.1) is 0 Å². The molecule has 25 heavy (non-hydrogen) atoms. The number of carbonyl (C=O) groups is 2. The fourth-order valence-electron chi connectivity index (χ4n) is 3.30. The van der Waals surface area contributed by atoms with Gasteiger partial charge in [-0.1, -0.05) is 24.3 Å². The molecule has 2 heterocycles. The van der Waals surface area contributed by atoms with E-state index >= 15 is 0 Å². The van der Waals surface area contributed by atoms with Crippen LogP contribution in [-0.2, 0) is 11.2 Å². The van der Waals surface area contributed by atoms with Crippen molar-refractivity contribution in [2.75, 3.05) is 13.1 Å². The molecule has 1 aromatic heterocycles. The average molecular weight is 337 g/mol. The van der Waals surface area contributed by atoms with E-state index in [4.69, 9.17) is 0 Å². The molecule has 5 heteroatoms. The highest BCUT2D eigenvalue weighted by Gasteiger charge is 2.45. The van der Waals surface area contributed by atoms with Gasteiger partial charge in [0.05, 0.1) is 0 Å². The highest BCUT2D eigenvalue weighted by Crippen LogP contribution is 2.30. The highest BCUT2D eigenvalue weighted by molar-refractivity contribution is 5.99. The van der Waals surface area contributed by atoms with Gasteiger partial charge in [0.1, 0.15) is 5.54 Å². The fourth-order valence-corrected chi connectivity index (χ4v) is 3.30. The Hall–Kier alpha value is -2.69. The summed E-state index contributed by atoms with van der Waals surface area (Å²) in [5.74, 6) is -0.175. The first-order valence-electron chi connectivity index (χ1n) is 8.66. The number of likely N-dealkylation sites (tertiary alicyclic amines) is 1. The molecule has 1 N–H and O–H groups in total. The van der Waals surface area contributed by atoms with Crippen molar-refractivity contribution in [1.29, 1.82) is 0 Å². The van der Waals surface area contributed by atoms with E-state index in [-0.39, 0.29) is 11.8 Å². The predicted octanol–water partition coefficient (Wildman–Crippen LogP) is 2.44. The number of rotatable bonds is 5. The Kier molecular flexibility index (Phi) is 5.12. The zero-order valence-corrected chi connectivity index (χ0v) is 14.4. The lowest BCUT2D eigenvalue weighted by Crippen LogP contribution is -2.55. The minimum atomic E-state index is -0.795. The zero-order valence-electron chi connectivity index (χ0n) is 14.4. The summed E-state index contributed by atoms with van der Waals surface area (Å²) < 4.78 is 0. The van der Waals surface area contributed by atoms with Gasteiger partial charge < -0.3 is 10.2 Å². The van der Waals surface area contributed by atoms with Gasteiger partial charge in [0.15, 0.2) is 0 Å². The van der Waals surface area contributed by atoms with Crippen molar-refractivity contribution in [2.24, 2.45) is 0 Å². The van der Waals surface area contributed by atoms with Crippen LogP contribution < -0.4 is 5.32 Å². The van der Waals surface area contributed by atoms with Crippen LogP contribution in [0.25, 0.3) is 0 Å². The minimum absolute atomic E-state index is 0.0829. The maximum absolute atomic E-state index is 12.8. The Morgan fingerprint density at radius 3 is 2.64 bits per heavy atom. The molecule has 0 spiro atoms. The molecule has 2 aromatic rings. The van der Waals surface area contributed by atoms with Gasteiger partial charge in [0.25, 0.3) is 5.91 Å². The summed E-state index contributed by atoms with van der Waals surface area (Å²) in [5, 5.41) is 2.98. The Labute approximate surface area is 148 Å². The number of benzene rings is 1. The molecule has 1 saturated heterocycles. The number of amides is 2. The molecular formula is C20H23N3O2. The lowest BCUT2D eigenvalue weighted by molar-refractivity contribution is -0.129. The maximum atomic E-state index is 12.8. The quantitative estimate of drug-likeness (QED) is 0.911. The van der Waals surface area contributed by atoms with Gasteiger partial charge in [0.2, 0.25) is 5.91 Å². The highest BCUT2D eigenvalue weighted by atomic mass is 16.2. The summed E-state index contributed by atoms with van der Waals surface area (Å²) in [7, 11) is 0. The van der Waals surface area contributed by atoms with Gasteiger partial charge in [-0.2, -0.15) is 0 Å². The number of nitrogens with zero attached hydrogens (tertiary/aromatic N) is 2. The monoisotopic (exact) mass is 337 g/mol. The van der Waals surface area contributed by atoms with E-state index in [2.05, 4.69) is 10.3 Å². The van der Waals surface area contributed by atoms with Crippen LogP contribution in [0.2, 0.25) is 0 Å². The number of hydrogen-bond donors (Lipinski definition) is 1. The third-order valence-corrected chi connectivity index (χ3v) is 4.79. The molecule has 1 aliphatic heterocycles. The largest absolute Gasteiger partial charge is 0.354 e. The van der Waals surface area contributed by atoms with E-state index in [9.17, 15) is 9.59 Å². The zero-order chi connectivity index (χ0) is 17.7. The molecule has 0 saturated carbocycles. The summed E-state index contributed by atoms with van der Waals surface area (Å²) in [4.78, 5) is 31.5. The maximum Gasteiger partial charge on any atom is 0.254 e. The van der Waals surface area contributed by atoms with Crippen LogP contribution in [-0.4, -0.2) is 40.3 Å². The van der Waals surface area contributed by atoms with Crippen LogP contribution >= 0.6 is 0 Å². The summed E-state index contributed by atoms with van der Waals surface area (Å²) in [6.45, 7) is 2.98. The molecule has 0 radical (unpaired) electrons. The van der Waals surface area contributed by atoms with Crippen molar-refractivity contribution < 1.29 is 9.59 Å². The topological polar surface area (TPSA) is 62.3 Å². The molecule has 1 unspecified atom stereocenters. The molecule has 1 fully saturated rings. The summed E-state index contributed by atoms with van der Waals surface area (Å²) in [6.07, 6.45) is 3.94. The van der Waals surface area contributed by atoms with Crippen molar-refractivity contribution in [3.8, 4) is 0 Å². The van der Waals surface area contributed by atoms with Crippen molar-refractivity contribution >= 4 is 11.8 Å². The average Bonchev–Trinajstić information content (AvgIpc) is 3.05. The van der Waals surface area contributed by atoms with Gasteiger partial charge in [-0.25, -0.2) is 0 Å². The molecule has 5 nitrogen and oxygen atoms in total. The van der Waals surface area contributed by atoms with Crippen molar-refractivity contribution in [3.05, 3.63) is 66.0 Å². The first-order chi connectivity index (χ1) is 12.1. The summed E-state index contributed by atoms with van der Waals surface area (Å²) >= 11 is 0. The summed E-state index contributed by atoms with van der Waals surface area (Å²) in [5.41, 5.74) is 0.769. The van der Waals surface area contributed by atoms with Crippen molar-refractivity contribution in [2.45, 2.75) is 31.7 Å². The van der Waals surface area contributed by atoms with Gasteiger partial charge in [-0.05, 0) is 44.0 Å². The number of nitrogens with one attached hydrogen (secondary N) is 1. The van der Waals surface area contributed by atoms with Gasteiger partial charge in [-0.15, -0.1) is 0 Å². The molecule has 3 rings (SSSR count). The Balaban J connectivity index is 1.64. The molecule has 2 amide bonds. The summed E-state index contributed by atoms with van der Waals surface area (Å²) in [6, 6.07) is 14.9. The number of hydrogen-bond acceptors (Lipinski definition) is 3. The Morgan fingerprint density at radius 2 is 1.92 bits per heavy atom. The van der Waals surface area contributed by atoms with E-state index in [0.717, 1.165) is 12.1 Å². The minimum Gasteiger partial charge on any atom is -0.354 e. The number of aromatic nitrogens is 1. The molecule has 1 aliphatic rings. The second kappa shape index (κ2) is 7.47. The third kappa shape index (κ3) is 3.71. The van der Waals surface area contributed by atoms with Crippen LogP contribution in [0.1, 0.15) is 35.8 Å². The Bertz CT molecular complexity index is 733. The van der Waals surface area contributed by atoms with E-state index in [1.165, 1.54) is 0 Å². The van der Waals surface area contributed by atoms with E-state index < -0.39 is 5.54 Å². The number of carbonyl (C=O) groups excluding carboxylic acids is 2. The first kappa shape index (κ1) is 17.1. The second-order valence-electron chi connectivity index (χ2n) is 6.53. The molecule has 1 atom stereocenters. The molecule has 1 aromatic carbocycles. The molecular weight excluding hydrogens is 314 g/mol. The van der Waals surface area contributed by atoms with Crippen LogP contribution in [0.15, 0.2) is 54.7 Å². The molecule has 130 valence electrons. The lowest BCUT2D eigenvalue weighted by Gasteiger charge is -2.34. The van der Waals surface area contributed by atoms with E-state index in [1.807, 2.05) is 43.3 Å². The van der Waals surface area contributed by atoms with Gasteiger partial charge >= 0.3 is 0 Å². The van der Waals surface area contributed by atoms with Crippen LogP contribution in [0.4, 0.5) is 0 Å². The second-order valence-corrected chi connectivity index (χ2v) is 6.53. The van der Waals surface area contributed by atoms with Crippen molar-refractivity contribution in [3.63, 3.8) is 0 Å². The third-order valence-electron chi connectivity index (χ3n) is 4.79. The Morgan fingerprint density at radius 1 is 1.16 bits per heavy atom. The standard InChI is InChI=1S/C20H23N3O2/c1-20(19(25)22-14-11-17-10-5-6-13-21-17)12-7-15-23(20)18(24)16-8-3-2-4-9-16/h2-6,8-10,13H,7,11-12,14-15H2,1H3,(H,22,25). The molecule has 0 aliphatic carbocycles. The van der Waals surface area contributed by atoms with Crippen LogP contribution in [0.5, 0.6) is 0 Å². The van der Waals surface area contributed by atoms with Crippen molar-refractivity contribution in [1.82, 2.24) is 15.2 Å². The van der Waals surface area contributed by atoms with E-state index in [0.29, 0.717) is 31.5 Å². The molecule has 0 bridgehead atoms.